The number of rotatable bonds is 6. The average Bonchev–Trinajstić information content (AvgIpc) is 3.05. The molecule has 1 aromatic heterocycles. The van der Waals surface area contributed by atoms with Crippen LogP contribution in [0, 0.1) is 0 Å². The van der Waals surface area contributed by atoms with Crippen LogP contribution in [0.25, 0.3) is 10.8 Å². The fraction of sp³-hybridized carbons (Fsp3) is 0.222. The van der Waals surface area contributed by atoms with Crippen LogP contribution in [0.5, 0.6) is 0 Å². The lowest BCUT2D eigenvalue weighted by Crippen LogP contribution is -2.19. The molecular formula is C18H19NOS. The van der Waals surface area contributed by atoms with E-state index in [1.54, 1.807) is 6.26 Å². The predicted molar refractivity (Wildman–Crippen MR) is 90.6 cm³/mol. The highest BCUT2D eigenvalue weighted by molar-refractivity contribution is 7.98. The summed E-state index contributed by atoms with van der Waals surface area (Å²) < 4.78 is 5.38. The SMILES string of the molecule is CNC(CSCc1ccco1)c1cccc2ccccc12. The normalized spacial score (nSPS) is 12.6. The Bertz CT molecular complexity index is 688. The van der Waals surface area contributed by atoms with Crippen molar-refractivity contribution in [3.8, 4) is 0 Å². The number of nitrogens with one attached hydrogen (secondary N) is 1. The molecule has 3 rings (SSSR count). The largest absolute Gasteiger partial charge is 0.468 e. The van der Waals surface area contributed by atoms with Gasteiger partial charge in [0.1, 0.15) is 5.76 Å². The molecule has 1 atom stereocenters. The van der Waals surface area contributed by atoms with E-state index in [-0.39, 0.29) is 0 Å². The van der Waals surface area contributed by atoms with Crippen LogP contribution < -0.4 is 5.32 Å². The zero-order valence-electron chi connectivity index (χ0n) is 12.1. The lowest BCUT2D eigenvalue weighted by molar-refractivity contribution is 0.530. The lowest BCUT2D eigenvalue weighted by atomic mass is 10.00. The Balaban J connectivity index is 1.75. The minimum absolute atomic E-state index is 0.344. The lowest BCUT2D eigenvalue weighted by Gasteiger charge is -2.18. The van der Waals surface area contributed by atoms with Crippen molar-refractivity contribution >= 4 is 22.5 Å². The average molecular weight is 297 g/mol. The third-order valence-electron chi connectivity index (χ3n) is 3.66. The van der Waals surface area contributed by atoms with Crippen molar-refractivity contribution in [1.82, 2.24) is 5.32 Å². The van der Waals surface area contributed by atoms with Gasteiger partial charge in [0.05, 0.1) is 12.0 Å². The fourth-order valence-corrected chi connectivity index (χ4v) is 3.62. The van der Waals surface area contributed by atoms with E-state index in [1.807, 2.05) is 30.9 Å². The minimum atomic E-state index is 0.344. The van der Waals surface area contributed by atoms with Crippen LogP contribution in [0.2, 0.25) is 0 Å². The van der Waals surface area contributed by atoms with E-state index in [1.165, 1.54) is 16.3 Å². The van der Waals surface area contributed by atoms with Crippen molar-refractivity contribution < 1.29 is 4.42 Å². The molecule has 0 saturated carbocycles. The zero-order chi connectivity index (χ0) is 14.5. The van der Waals surface area contributed by atoms with Gasteiger partial charge in [0.2, 0.25) is 0 Å². The number of fused-ring (bicyclic) bond motifs is 1. The molecule has 1 unspecified atom stereocenters. The summed E-state index contributed by atoms with van der Waals surface area (Å²) in [6.45, 7) is 0. The number of thioether (sulfide) groups is 1. The molecule has 0 spiro atoms. The van der Waals surface area contributed by atoms with Crippen molar-refractivity contribution in [3.05, 3.63) is 72.2 Å². The van der Waals surface area contributed by atoms with Crippen molar-refractivity contribution in [3.63, 3.8) is 0 Å². The number of hydrogen-bond acceptors (Lipinski definition) is 3. The van der Waals surface area contributed by atoms with Crippen LogP contribution in [0.1, 0.15) is 17.4 Å². The standard InChI is InChI=1S/C18H19NOS/c1-19-18(13-21-12-15-8-5-11-20-15)17-10-4-7-14-6-2-3-9-16(14)17/h2-11,18-19H,12-13H2,1H3. The molecule has 0 aliphatic rings. The van der Waals surface area contributed by atoms with Crippen LogP contribution >= 0.6 is 11.8 Å². The van der Waals surface area contributed by atoms with Gasteiger partial charge in [-0.3, -0.25) is 0 Å². The summed E-state index contributed by atoms with van der Waals surface area (Å²) in [5, 5.41) is 6.07. The molecule has 2 nitrogen and oxygen atoms in total. The Hall–Kier alpha value is -1.71. The molecule has 0 radical (unpaired) electrons. The molecule has 1 N–H and O–H groups in total. The molecular weight excluding hydrogens is 278 g/mol. The van der Waals surface area contributed by atoms with Crippen LogP contribution in [-0.4, -0.2) is 12.8 Å². The summed E-state index contributed by atoms with van der Waals surface area (Å²) in [4.78, 5) is 0. The molecule has 3 heteroatoms. The Morgan fingerprint density at radius 2 is 1.90 bits per heavy atom. The number of hydrogen-bond donors (Lipinski definition) is 1. The summed E-state index contributed by atoms with van der Waals surface area (Å²) in [5.74, 6) is 2.97. The number of benzene rings is 2. The monoisotopic (exact) mass is 297 g/mol. The van der Waals surface area contributed by atoms with Gasteiger partial charge in [-0.05, 0) is 35.5 Å². The molecule has 0 fully saturated rings. The first-order valence-corrected chi connectivity index (χ1v) is 8.29. The van der Waals surface area contributed by atoms with Gasteiger partial charge >= 0.3 is 0 Å². The van der Waals surface area contributed by atoms with Crippen LogP contribution in [0.4, 0.5) is 0 Å². The summed E-state index contributed by atoms with van der Waals surface area (Å²) >= 11 is 1.89. The molecule has 0 bridgehead atoms. The Labute approximate surface area is 129 Å². The molecule has 0 amide bonds. The summed E-state index contributed by atoms with van der Waals surface area (Å²) in [7, 11) is 2.03. The van der Waals surface area contributed by atoms with Gasteiger partial charge in [-0.25, -0.2) is 0 Å². The highest BCUT2D eigenvalue weighted by Gasteiger charge is 2.12. The molecule has 0 aliphatic heterocycles. The van der Waals surface area contributed by atoms with E-state index in [2.05, 4.69) is 47.8 Å². The second kappa shape index (κ2) is 6.83. The quantitative estimate of drug-likeness (QED) is 0.718. The van der Waals surface area contributed by atoms with Crippen molar-refractivity contribution in [2.75, 3.05) is 12.8 Å². The second-order valence-electron chi connectivity index (χ2n) is 5.00. The third kappa shape index (κ3) is 3.31. The van der Waals surface area contributed by atoms with E-state index >= 15 is 0 Å². The van der Waals surface area contributed by atoms with Crippen LogP contribution in [0.3, 0.4) is 0 Å². The van der Waals surface area contributed by atoms with E-state index < -0.39 is 0 Å². The minimum Gasteiger partial charge on any atom is -0.468 e. The molecule has 108 valence electrons. The Morgan fingerprint density at radius 3 is 2.71 bits per heavy atom. The highest BCUT2D eigenvalue weighted by atomic mass is 32.2. The summed E-state index contributed by atoms with van der Waals surface area (Å²) in [6.07, 6.45) is 1.73. The third-order valence-corrected chi connectivity index (χ3v) is 4.71. The Kier molecular flexibility index (Phi) is 4.63. The first-order chi connectivity index (χ1) is 10.4. The molecule has 0 saturated heterocycles. The van der Waals surface area contributed by atoms with Gasteiger partial charge in [0.25, 0.3) is 0 Å². The maximum Gasteiger partial charge on any atom is 0.113 e. The molecule has 1 heterocycles. The second-order valence-corrected chi connectivity index (χ2v) is 6.03. The van der Waals surface area contributed by atoms with Gasteiger partial charge in [-0.2, -0.15) is 11.8 Å². The van der Waals surface area contributed by atoms with Crippen LogP contribution in [0.15, 0.2) is 65.3 Å². The van der Waals surface area contributed by atoms with Crippen molar-refractivity contribution in [2.24, 2.45) is 0 Å². The highest BCUT2D eigenvalue weighted by Crippen LogP contribution is 2.27. The Morgan fingerprint density at radius 1 is 1.05 bits per heavy atom. The molecule has 21 heavy (non-hydrogen) atoms. The van der Waals surface area contributed by atoms with Gasteiger partial charge in [0.15, 0.2) is 0 Å². The smallest absolute Gasteiger partial charge is 0.113 e. The zero-order valence-corrected chi connectivity index (χ0v) is 12.9. The van der Waals surface area contributed by atoms with Gasteiger partial charge < -0.3 is 9.73 Å². The first-order valence-electron chi connectivity index (χ1n) is 7.13. The van der Waals surface area contributed by atoms with Gasteiger partial charge in [-0.15, -0.1) is 0 Å². The van der Waals surface area contributed by atoms with Crippen LogP contribution in [-0.2, 0) is 5.75 Å². The predicted octanol–water partition coefficient (Wildman–Crippen LogP) is 4.63. The van der Waals surface area contributed by atoms with E-state index in [9.17, 15) is 0 Å². The van der Waals surface area contributed by atoms with E-state index in [0.717, 1.165) is 17.3 Å². The van der Waals surface area contributed by atoms with E-state index in [4.69, 9.17) is 4.42 Å². The maximum absolute atomic E-state index is 5.38. The molecule has 3 aromatic rings. The molecule has 0 aliphatic carbocycles. The van der Waals surface area contributed by atoms with Gasteiger partial charge in [-0.1, -0.05) is 42.5 Å². The van der Waals surface area contributed by atoms with Crippen molar-refractivity contribution in [1.29, 1.82) is 0 Å². The maximum atomic E-state index is 5.38. The molecule has 2 aromatic carbocycles. The first kappa shape index (κ1) is 14.2. The summed E-state index contributed by atoms with van der Waals surface area (Å²) in [6, 6.07) is 19.4. The van der Waals surface area contributed by atoms with E-state index in [0.29, 0.717) is 6.04 Å². The summed E-state index contributed by atoms with van der Waals surface area (Å²) in [5.41, 5.74) is 1.36. The van der Waals surface area contributed by atoms with Crippen molar-refractivity contribution in [2.45, 2.75) is 11.8 Å². The topological polar surface area (TPSA) is 25.2 Å². The fourth-order valence-electron chi connectivity index (χ4n) is 2.56. The van der Waals surface area contributed by atoms with Gasteiger partial charge in [0, 0.05) is 11.8 Å². The number of furan rings is 1.